The Kier molecular flexibility index (Phi) is 5.61. The summed E-state index contributed by atoms with van der Waals surface area (Å²) < 4.78 is 1.78. The van der Waals surface area contributed by atoms with Crippen LogP contribution in [0.4, 0.5) is 5.69 Å². The van der Waals surface area contributed by atoms with Gasteiger partial charge in [0.25, 0.3) is 0 Å². The number of amides is 2. The summed E-state index contributed by atoms with van der Waals surface area (Å²) in [6.45, 7) is 7.27. The van der Waals surface area contributed by atoms with E-state index in [4.69, 9.17) is 0 Å². The lowest BCUT2D eigenvalue weighted by molar-refractivity contribution is -0.120. The Morgan fingerprint density at radius 3 is 2.71 bits per heavy atom. The van der Waals surface area contributed by atoms with Crippen LogP contribution >= 0.6 is 11.8 Å². The highest BCUT2D eigenvalue weighted by Crippen LogP contribution is 2.21. The van der Waals surface area contributed by atoms with Crippen LogP contribution < -0.4 is 10.6 Å². The molecule has 8 heteroatoms. The minimum absolute atomic E-state index is 0.0611. The highest BCUT2D eigenvalue weighted by atomic mass is 32.2. The minimum Gasteiger partial charge on any atom is -0.351 e. The van der Waals surface area contributed by atoms with Crippen molar-refractivity contribution in [3.8, 4) is 5.69 Å². The Morgan fingerprint density at radius 2 is 2.04 bits per heavy atom. The molecule has 24 heavy (non-hydrogen) atoms. The Balaban J connectivity index is 2.10. The van der Waals surface area contributed by atoms with Gasteiger partial charge in [-0.05, 0) is 39.0 Å². The van der Waals surface area contributed by atoms with Gasteiger partial charge in [-0.1, -0.05) is 17.8 Å². The quantitative estimate of drug-likeness (QED) is 0.810. The van der Waals surface area contributed by atoms with Crippen LogP contribution in [0.5, 0.6) is 0 Å². The number of rotatable bonds is 5. The second kappa shape index (κ2) is 7.48. The third-order valence-electron chi connectivity index (χ3n) is 2.81. The molecule has 0 saturated carbocycles. The van der Waals surface area contributed by atoms with Crippen molar-refractivity contribution >= 4 is 29.3 Å². The molecule has 0 bridgehead atoms. The fourth-order valence-electron chi connectivity index (χ4n) is 2.02. The number of benzene rings is 1. The van der Waals surface area contributed by atoms with Crippen LogP contribution in [-0.4, -0.2) is 37.9 Å². The second-order valence-corrected chi connectivity index (χ2v) is 7.24. The second-order valence-electron chi connectivity index (χ2n) is 6.30. The van der Waals surface area contributed by atoms with Crippen LogP contribution in [0.2, 0.25) is 0 Å². The van der Waals surface area contributed by atoms with Crippen LogP contribution in [0.15, 0.2) is 35.7 Å². The van der Waals surface area contributed by atoms with Gasteiger partial charge in [0.2, 0.25) is 11.8 Å². The maximum Gasteiger partial charge on any atom is 0.230 e. The molecule has 128 valence electrons. The van der Waals surface area contributed by atoms with E-state index >= 15 is 0 Å². The summed E-state index contributed by atoms with van der Waals surface area (Å²) in [4.78, 5) is 23.1. The van der Waals surface area contributed by atoms with E-state index in [2.05, 4.69) is 20.8 Å². The Morgan fingerprint density at radius 1 is 1.29 bits per heavy atom. The van der Waals surface area contributed by atoms with E-state index in [-0.39, 0.29) is 23.1 Å². The number of nitrogens with one attached hydrogen (secondary N) is 2. The van der Waals surface area contributed by atoms with E-state index in [0.717, 1.165) is 5.69 Å². The first-order valence-electron chi connectivity index (χ1n) is 7.46. The van der Waals surface area contributed by atoms with Crippen molar-refractivity contribution in [3.05, 3.63) is 30.6 Å². The molecule has 1 heterocycles. The van der Waals surface area contributed by atoms with Crippen LogP contribution in [0, 0.1) is 0 Å². The molecule has 0 saturated heterocycles. The number of aromatic nitrogens is 3. The average molecular weight is 347 g/mol. The van der Waals surface area contributed by atoms with E-state index in [1.165, 1.54) is 18.7 Å². The van der Waals surface area contributed by atoms with Gasteiger partial charge >= 0.3 is 0 Å². The molecule has 7 nitrogen and oxygen atoms in total. The van der Waals surface area contributed by atoms with Crippen LogP contribution in [0.3, 0.4) is 0 Å². The monoisotopic (exact) mass is 347 g/mol. The van der Waals surface area contributed by atoms with E-state index in [9.17, 15) is 9.59 Å². The van der Waals surface area contributed by atoms with Crippen molar-refractivity contribution in [2.24, 2.45) is 0 Å². The molecule has 0 aliphatic carbocycles. The molecule has 2 rings (SSSR count). The van der Waals surface area contributed by atoms with Crippen LogP contribution in [0.25, 0.3) is 5.69 Å². The number of anilines is 1. The van der Waals surface area contributed by atoms with E-state index in [1.54, 1.807) is 17.0 Å². The molecule has 2 amide bonds. The molecule has 0 aliphatic rings. The van der Waals surface area contributed by atoms with Crippen molar-refractivity contribution in [2.75, 3.05) is 11.1 Å². The molecule has 1 aromatic carbocycles. The van der Waals surface area contributed by atoms with Crippen LogP contribution in [0.1, 0.15) is 27.7 Å². The van der Waals surface area contributed by atoms with E-state index < -0.39 is 0 Å². The molecular formula is C16H21N5O2S. The Hall–Kier alpha value is -2.35. The van der Waals surface area contributed by atoms with Gasteiger partial charge in [-0.3, -0.25) is 14.2 Å². The molecular weight excluding hydrogens is 326 g/mol. The zero-order valence-electron chi connectivity index (χ0n) is 14.2. The number of hydrogen-bond acceptors (Lipinski definition) is 5. The topological polar surface area (TPSA) is 88.9 Å². The molecule has 0 fully saturated rings. The lowest BCUT2D eigenvalue weighted by atomic mass is 10.1. The van der Waals surface area contributed by atoms with Gasteiger partial charge in [0.05, 0.1) is 11.4 Å². The summed E-state index contributed by atoms with van der Waals surface area (Å²) >= 11 is 1.31. The zero-order valence-corrected chi connectivity index (χ0v) is 15.0. The van der Waals surface area contributed by atoms with Crippen molar-refractivity contribution in [1.82, 2.24) is 20.1 Å². The first kappa shape index (κ1) is 18.0. The first-order chi connectivity index (χ1) is 11.2. The molecule has 0 atom stereocenters. The highest BCUT2D eigenvalue weighted by molar-refractivity contribution is 7.99. The van der Waals surface area contributed by atoms with E-state index in [1.807, 2.05) is 39.0 Å². The van der Waals surface area contributed by atoms with Crippen molar-refractivity contribution in [1.29, 1.82) is 0 Å². The van der Waals surface area contributed by atoms with Gasteiger partial charge in [0.1, 0.15) is 6.33 Å². The van der Waals surface area contributed by atoms with Crippen molar-refractivity contribution < 1.29 is 9.59 Å². The molecule has 2 N–H and O–H groups in total. The maximum atomic E-state index is 11.9. The summed E-state index contributed by atoms with van der Waals surface area (Å²) in [6, 6.07) is 7.35. The van der Waals surface area contributed by atoms with Gasteiger partial charge in [-0.15, -0.1) is 10.2 Å². The molecule has 0 spiro atoms. The summed E-state index contributed by atoms with van der Waals surface area (Å²) in [5, 5.41) is 14.2. The van der Waals surface area contributed by atoms with E-state index in [0.29, 0.717) is 10.8 Å². The molecule has 1 aromatic heterocycles. The van der Waals surface area contributed by atoms with Crippen molar-refractivity contribution in [2.45, 2.75) is 38.4 Å². The fraction of sp³-hybridized carbons (Fsp3) is 0.375. The predicted octanol–water partition coefficient (Wildman–Crippen LogP) is 2.23. The molecule has 2 aromatic rings. The highest BCUT2D eigenvalue weighted by Gasteiger charge is 2.15. The minimum atomic E-state index is -0.266. The summed E-state index contributed by atoms with van der Waals surface area (Å²) in [5.41, 5.74) is 1.23. The zero-order chi connectivity index (χ0) is 17.7. The van der Waals surface area contributed by atoms with Gasteiger partial charge < -0.3 is 10.6 Å². The third-order valence-corrected chi connectivity index (χ3v) is 3.75. The Labute approximate surface area is 145 Å². The summed E-state index contributed by atoms with van der Waals surface area (Å²) in [6.07, 6.45) is 1.58. The van der Waals surface area contributed by atoms with Gasteiger partial charge in [0, 0.05) is 18.2 Å². The number of hydrogen-bond donors (Lipinski definition) is 2. The SMILES string of the molecule is CC(=O)Nc1cccc(-n2cnnc2SCC(=O)NC(C)(C)C)c1. The fourth-order valence-corrected chi connectivity index (χ4v) is 2.75. The van der Waals surface area contributed by atoms with Crippen molar-refractivity contribution in [3.63, 3.8) is 0 Å². The summed E-state index contributed by atoms with van der Waals surface area (Å²) in [5.74, 6) is 0.0554. The lowest BCUT2D eigenvalue weighted by Gasteiger charge is -2.20. The molecule has 0 aliphatic heterocycles. The number of carbonyl (C=O) groups is 2. The number of thioether (sulfide) groups is 1. The van der Waals surface area contributed by atoms with Gasteiger partial charge in [-0.25, -0.2) is 0 Å². The first-order valence-corrected chi connectivity index (χ1v) is 8.45. The van der Waals surface area contributed by atoms with Gasteiger partial charge in [-0.2, -0.15) is 0 Å². The third kappa shape index (κ3) is 5.38. The summed E-state index contributed by atoms with van der Waals surface area (Å²) in [7, 11) is 0. The molecule has 0 unspecified atom stereocenters. The van der Waals surface area contributed by atoms with Gasteiger partial charge in [0.15, 0.2) is 5.16 Å². The Bertz CT molecular complexity index is 736. The number of carbonyl (C=O) groups excluding carboxylic acids is 2. The maximum absolute atomic E-state index is 11.9. The standard InChI is InChI=1S/C16H21N5O2S/c1-11(22)18-12-6-5-7-13(8-12)21-10-17-20-15(21)24-9-14(23)19-16(2,3)4/h5-8,10H,9H2,1-4H3,(H,18,22)(H,19,23). The molecule has 0 radical (unpaired) electrons. The lowest BCUT2D eigenvalue weighted by Crippen LogP contribution is -2.41. The number of nitrogens with zero attached hydrogens (tertiary/aromatic N) is 3. The largest absolute Gasteiger partial charge is 0.351 e. The smallest absolute Gasteiger partial charge is 0.230 e. The normalized spacial score (nSPS) is 11.2. The van der Waals surface area contributed by atoms with Crippen LogP contribution in [-0.2, 0) is 9.59 Å². The average Bonchev–Trinajstić information content (AvgIpc) is 2.91. The predicted molar refractivity (Wildman–Crippen MR) is 94.3 cm³/mol.